The quantitative estimate of drug-likeness (QED) is 0.622. The number of carboxylic acids is 1. The zero-order valence-electron chi connectivity index (χ0n) is 6.83. The Morgan fingerprint density at radius 2 is 2.18 bits per heavy atom. The van der Waals surface area contributed by atoms with Gasteiger partial charge in [-0.05, 0) is 19.8 Å². The highest BCUT2D eigenvalue weighted by Crippen LogP contribution is 2.20. The molecule has 0 fully saturated rings. The molecule has 11 heavy (non-hydrogen) atoms. The van der Waals surface area contributed by atoms with E-state index in [9.17, 15) is 9.70 Å². The van der Waals surface area contributed by atoms with Crippen molar-refractivity contribution in [2.45, 2.75) is 38.6 Å². The van der Waals surface area contributed by atoms with E-state index in [0.29, 0.717) is 12.8 Å². The molecular weight excluding hydrogens is 146 g/mol. The third-order valence-electron chi connectivity index (χ3n) is 1.86. The van der Waals surface area contributed by atoms with Crippen molar-refractivity contribution >= 4 is 5.97 Å². The van der Waals surface area contributed by atoms with Gasteiger partial charge in [-0.3, -0.25) is 4.79 Å². The molecule has 0 rings (SSSR count). The van der Waals surface area contributed by atoms with Gasteiger partial charge in [-0.2, -0.15) is 4.91 Å². The summed E-state index contributed by atoms with van der Waals surface area (Å²) in [5.41, 5.74) is -0.696. The van der Waals surface area contributed by atoms with Gasteiger partial charge in [-0.15, -0.1) is 0 Å². The molecule has 0 bridgehead atoms. The fraction of sp³-hybridized carbons (Fsp3) is 0.857. The average molecular weight is 159 g/mol. The van der Waals surface area contributed by atoms with Crippen molar-refractivity contribution in [2.24, 2.45) is 5.18 Å². The molecule has 0 saturated carbocycles. The van der Waals surface area contributed by atoms with Crippen LogP contribution in [0.25, 0.3) is 0 Å². The van der Waals surface area contributed by atoms with Crippen LogP contribution in [0.15, 0.2) is 5.18 Å². The normalized spacial score (nSPS) is 15.5. The second kappa shape index (κ2) is 4.05. The average Bonchev–Trinajstić information content (AvgIpc) is 2.00. The molecule has 0 amide bonds. The van der Waals surface area contributed by atoms with Crippen molar-refractivity contribution in [1.29, 1.82) is 0 Å². The molecule has 0 aliphatic carbocycles. The molecule has 0 aromatic rings. The fourth-order valence-electron chi connectivity index (χ4n) is 0.663. The molecule has 4 heteroatoms. The number of nitrogens with zero attached hydrogens (tertiary/aromatic N) is 1. The van der Waals surface area contributed by atoms with E-state index in [4.69, 9.17) is 5.11 Å². The number of carboxylic acid groups (broad SMARTS) is 1. The maximum atomic E-state index is 10.2. The first-order valence-corrected chi connectivity index (χ1v) is 3.60. The molecule has 64 valence electrons. The Balaban J connectivity index is 3.87. The summed E-state index contributed by atoms with van der Waals surface area (Å²) in [5.74, 6) is -0.881. The largest absolute Gasteiger partial charge is 0.481 e. The lowest BCUT2D eigenvalue weighted by molar-refractivity contribution is -0.137. The fourth-order valence-corrected chi connectivity index (χ4v) is 0.663. The minimum absolute atomic E-state index is 0.0100. The summed E-state index contributed by atoms with van der Waals surface area (Å²) in [4.78, 5) is 20.4. The first kappa shape index (κ1) is 10.1. The molecule has 0 spiro atoms. The first-order valence-electron chi connectivity index (χ1n) is 3.60. The number of hydrogen-bond acceptors (Lipinski definition) is 3. The molecule has 1 N–H and O–H groups in total. The van der Waals surface area contributed by atoms with Crippen molar-refractivity contribution < 1.29 is 9.90 Å². The highest BCUT2D eigenvalue weighted by Gasteiger charge is 2.23. The van der Waals surface area contributed by atoms with Gasteiger partial charge < -0.3 is 5.11 Å². The number of carbonyl (C=O) groups is 1. The van der Waals surface area contributed by atoms with Crippen LogP contribution in [0.3, 0.4) is 0 Å². The molecule has 0 aliphatic heterocycles. The van der Waals surface area contributed by atoms with Crippen molar-refractivity contribution in [3.05, 3.63) is 4.91 Å². The van der Waals surface area contributed by atoms with E-state index < -0.39 is 11.5 Å². The predicted molar refractivity (Wildman–Crippen MR) is 41.4 cm³/mol. The van der Waals surface area contributed by atoms with Crippen LogP contribution in [-0.2, 0) is 4.79 Å². The lowest BCUT2D eigenvalue weighted by Crippen LogP contribution is -2.21. The second-order valence-corrected chi connectivity index (χ2v) is 2.84. The number of aliphatic carboxylic acids is 1. The maximum absolute atomic E-state index is 10.2. The van der Waals surface area contributed by atoms with Gasteiger partial charge >= 0.3 is 5.97 Å². The van der Waals surface area contributed by atoms with Crippen LogP contribution in [0.5, 0.6) is 0 Å². The topological polar surface area (TPSA) is 66.7 Å². The molecule has 4 nitrogen and oxygen atoms in total. The van der Waals surface area contributed by atoms with E-state index in [1.807, 2.05) is 6.92 Å². The summed E-state index contributed by atoms with van der Waals surface area (Å²) in [7, 11) is 0. The molecule has 0 heterocycles. The Kier molecular flexibility index (Phi) is 3.71. The van der Waals surface area contributed by atoms with Crippen LogP contribution >= 0.6 is 0 Å². The standard InChI is InChI=1S/C7H13NO3/c1-3-7(2,8-11)5-4-6(9)10/h3-5H2,1-2H3,(H,9,10). The molecular formula is C7H13NO3. The van der Waals surface area contributed by atoms with Crippen LogP contribution in [0, 0.1) is 4.91 Å². The predicted octanol–water partition coefficient (Wildman–Crippen LogP) is 1.79. The van der Waals surface area contributed by atoms with E-state index in [1.54, 1.807) is 6.92 Å². The van der Waals surface area contributed by atoms with Gasteiger partial charge in [-0.25, -0.2) is 0 Å². The van der Waals surface area contributed by atoms with E-state index in [2.05, 4.69) is 5.18 Å². The minimum Gasteiger partial charge on any atom is -0.481 e. The lowest BCUT2D eigenvalue weighted by atomic mass is 9.94. The molecule has 1 unspecified atom stereocenters. The number of nitroso groups, excluding NO2 is 1. The Bertz CT molecular complexity index is 158. The zero-order chi connectivity index (χ0) is 8.91. The van der Waals surface area contributed by atoms with Gasteiger partial charge in [0, 0.05) is 6.42 Å². The molecule has 0 saturated heterocycles. The Morgan fingerprint density at radius 1 is 1.64 bits per heavy atom. The first-order chi connectivity index (χ1) is 5.04. The van der Waals surface area contributed by atoms with Gasteiger partial charge in [0.15, 0.2) is 0 Å². The van der Waals surface area contributed by atoms with Gasteiger partial charge in [-0.1, -0.05) is 12.1 Å². The molecule has 0 radical (unpaired) electrons. The third kappa shape index (κ3) is 3.70. The van der Waals surface area contributed by atoms with Crippen molar-refractivity contribution in [3.8, 4) is 0 Å². The molecule has 0 aromatic heterocycles. The highest BCUT2D eigenvalue weighted by atomic mass is 16.4. The van der Waals surface area contributed by atoms with Crippen LogP contribution in [0.1, 0.15) is 33.1 Å². The smallest absolute Gasteiger partial charge is 0.303 e. The van der Waals surface area contributed by atoms with E-state index in [-0.39, 0.29) is 6.42 Å². The summed E-state index contributed by atoms with van der Waals surface area (Å²) in [6, 6.07) is 0. The Labute approximate surface area is 65.6 Å². The highest BCUT2D eigenvalue weighted by molar-refractivity contribution is 5.66. The van der Waals surface area contributed by atoms with E-state index >= 15 is 0 Å². The third-order valence-corrected chi connectivity index (χ3v) is 1.86. The van der Waals surface area contributed by atoms with E-state index in [0.717, 1.165) is 0 Å². The second-order valence-electron chi connectivity index (χ2n) is 2.84. The Morgan fingerprint density at radius 3 is 2.45 bits per heavy atom. The van der Waals surface area contributed by atoms with Crippen molar-refractivity contribution in [2.75, 3.05) is 0 Å². The molecule has 0 aliphatic rings. The molecule has 1 atom stereocenters. The van der Waals surface area contributed by atoms with Gasteiger partial charge in [0.25, 0.3) is 0 Å². The summed E-state index contributed by atoms with van der Waals surface area (Å²) >= 11 is 0. The van der Waals surface area contributed by atoms with E-state index in [1.165, 1.54) is 0 Å². The van der Waals surface area contributed by atoms with Gasteiger partial charge in [0.05, 0.1) is 0 Å². The van der Waals surface area contributed by atoms with Crippen LogP contribution in [0.4, 0.5) is 0 Å². The van der Waals surface area contributed by atoms with Gasteiger partial charge in [0.2, 0.25) is 0 Å². The van der Waals surface area contributed by atoms with Crippen molar-refractivity contribution in [3.63, 3.8) is 0 Å². The lowest BCUT2D eigenvalue weighted by Gasteiger charge is -2.16. The number of rotatable bonds is 5. The number of hydrogen-bond donors (Lipinski definition) is 1. The zero-order valence-corrected chi connectivity index (χ0v) is 6.83. The van der Waals surface area contributed by atoms with Gasteiger partial charge in [0.1, 0.15) is 5.54 Å². The van der Waals surface area contributed by atoms with Crippen molar-refractivity contribution in [1.82, 2.24) is 0 Å². The summed E-state index contributed by atoms with van der Waals surface area (Å²) < 4.78 is 0. The monoisotopic (exact) mass is 159 g/mol. The molecule has 0 aromatic carbocycles. The maximum Gasteiger partial charge on any atom is 0.303 e. The summed E-state index contributed by atoms with van der Waals surface area (Å²) in [5, 5.41) is 11.2. The summed E-state index contributed by atoms with van der Waals surface area (Å²) in [6.45, 7) is 3.49. The van der Waals surface area contributed by atoms with Crippen LogP contribution in [-0.4, -0.2) is 16.6 Å². The van der Waals surface area contributed by atoms with Crippen LogP contribution in [0.2, 0.25) is 0 Å². The Hall–Kier alpha value is -0.930. The summed E-state index contributed by atoms with van der Waals surface area (Å²) in [6.07, 6.45) is 0.919. The SMILES string of the molecule is CCC(C)(CCC(=O)O)N=O. The minimum atomic E-state index is -0.881. The van der Waals surface area contributed by atoms with Crippen LogP contribution < -0.4 is 0 Å².